The van der Waals surface area contributed by atoms with E-state index < -0.39 is 23.5 Å². The van der Waals surface area contributed by atoms with E-state index in [-0.39, 0.29) is 11.6 Å². The number of hydrogen-bond donors (Lipinski definition) is 0. The van der Waals surface area contributed by atoms with Gasteiger partial charge in [-0.25, -0.2) is 0 Å². The van der Waals surface area contributed by atoms with Crippen molar-refractivity contribution in [2.75, 3.05) is 14.2 Å². The van der Waals surface area contributed by atoms with Crippen LogP contribution in [0.5, 0.6) is 17.2 Å². The maximum absolute atomic E-state index is 13.5. The molecule has 3 unspecified atom stereocenters. The van der Waals surface area contributed by atoms with Crippen LogP contribution in [0.3, 0.4) is 0 Å². The Hall–Kier alpha value is -3.61. The number of nitrogens with zero attached hydrogens (tertiary/aromatic N) is 1. The van der Waals surface area contributed by atoms with Crippen LogP contribution in [0.4, 0.5) is 0 Å². The number of hydrogen-bond acceptors (Lipinski definition) is 7. The molecule has 0 aromatic heterocycles. The summed E-state index contributed by atoms with van der Waals surface area (Å²) in [5, 5.41) is 0. The molecule has 166 valence electrons. The van der Waals surface area contributed by atoms with E-state index in [0.717, 1.165) is 5.56 Å². The van der Waals surface area contributed by atoms with Gasteiger partial charge in [-0.2, -0.15) is 0 Å². The maximum atomic E-state index is 13.5. The van der Waals surface area contributed by atoms with Crippen molar-refractivity contribution in [3.05, 3.63) is 65.4 Å². The third-order valence-corrected chi connectivity index (χ3v) is 6.20. The van der Waals surface area contributed by atoms with Crippen molar-refractivity contribution in [2.45, 2.75) is 38.3 Å². The Kier molecular flexibility index (Phi) is 5.28. The topological polar surface area (TPSA) is 82.1 Å². The van der Waals surface area contributed by atoms with Crippen LogP contribution in [-0.2, 0) is 19.8 Å². The summed E-state index contributed by atoms with van der Waals surface area (Å²) in [5.74, 6) is 0.152. The highest BCUT2D eigenvalue weighted by Gasteiger charge is 2.62. The SMILES string of the molecule is COc1ccc(C2C(C(C)=O)=CN(C)C3Oc4ccc(OC(C)=O)cc4C23C(C)=O)cc1. The largest absolute Gasteiger partial charge is 0.497 e. The second-order valence-corrected chi connectivity index (χ2v) is 8.16. The van der Waals surface area contributed by atoms with Crippen LogP contribution in [0, 0.1) is 0 Å². The van der Waals surface area contributed by atoms with Gasteiger partial charge in [0.05, 0.1) is 7.11 Å². The van der Waals surface area contributed by atoms with Crippen LogP contribution in [0.2, 0.25) is 0 Å². The lowest BCUT2D eigenvalue weighted by atomic mass is 9.60. The molecule has 3 atom stereocenters. The fourth-order valence-corrected chi connectivity index (χ4v) is 4.92. The summed E-state index contributed by atoms with van der Waals surface area (Å²) in [6.07, 6.45) is 1.08. The van der Waals surface area contributed by atoms with E-state index in [4.69, 9.17) is 14.2 Å². The minimum atomic E-state index is -1.22. The summed E-state index contributed by atoms with van der Waals surface area (Å²) >= 11 is 0. The molecule has 0 saturated carbocycles. The number of methoxy groups -OCH3 is 1. The number of esters is 1. The zero-order valence-electron chi connectivity index (χ0n) is 18.7. The van der Waals surface area contributed by atoms with E-state index in [2.05, 4.69) is 0 Å². The van der Waals surface area contributed by atoms with Crippen molar-refractivity contribution in [3.8, 4) is 17.2 Å². The normalized spacial score (nSPS) is 23.4. The van der Waals surface area contributed by atoms with Gasteiger partial charge < -0.3 is 19.1 Å². The fraction of sp³-hybridized carbons (Fsp3) is 0.320. The Morgan fingerprint density at radius 2 is 1.66 bits per heavy atom. The molecule has 2 aromatic rings. The van der Waals surface area contributed by atoms with Gasteiger partial charge in [-0.1, -0.05) is 12.1 Å². The Balaban J connectivity index is 2.01. The van der Waals surface area contributed by atoms with Crippen LogP contribution >= 0.6 is 0 Å². The molecule has 0 N–H and O–H groups in total. The zero-order chi connectivity index (χ0) is 23.2. The number of rotatable bonds is 5. The monoisotopic (exact) mass is 435 g/mol. The molecule has 4 rings (SSSR count). The molecule has 0 spiro atoms. The molecule has 0 amide bonds. The summed E-state index contributed by atoms with van der Waals surface area (Å²) in [6.45, 7) is 4.33. The highest BCUT2D eigenvalue weighted by atomic mass is 16.5. The van der Waals surface area contributed by atoms with Gasteiger partial charge in [-0.15, -0.1) is 0 Å². The molecular weight excluding hydrogens is 410 g/mol. The lowest BCUT2D eigenvalue weighted by molar-refractivity contribution is -0.132. The number of ether oxygens (including phenoxy) is 3. The number of fused-ring (bicyclic) bond motifs is 3. The van der Waals surface area contributed by atoms with E-state index in [1.165, 1.54) is 20.8 Å². The smallest absolute Gasteiger partial charge is 0.308 e. The summed E-state index contributed by atoms with van der Waals surface area (Å²) < 4.78 is 16.8. The lowest BCUT2D eigenvalue weighted by Gasteiger charge is -2.46. The Labute approximate surface area is 186 Å². The van der Waals surface area contributed by atoms with Gasteiger partial charge in [0, 0.05) is 37.2 Å². The molecule has 2 aliphatic rings. The molecule has 2 aromatic carbocycles. The molecule has 32 heavy (non-hydrogen) atoms. The van der Waals surface area contributed by atoms with Crippen molar-refractivity contribution in [1.29, 1.82) is 0 Å². The number of ketones is 2. The minimum Gasteiger partial charge on any atom is -0.497 e. The molecule has 0 bridgehead atoms. The fourth-order valence-electron chi connectivity index (χ4n) is 4.92. The molecule has 0 fully saturated rings. The van der Waals surface area contributed by atoms with Gasteiger partial charge in [0.2, 0.25) is 0 Å². The summed E-state index contributed by atoms with van der Waals surface area (Å²) in [5.41, 5.74) is 0.659. The molecule has 7 nitrogen and oxygen atoms in total. The number of carbonyl (C=O) groups excluding carboxylic acids is 3. The number of allylic oxidation sites excluding steroid dienone is 1. The Morgan fingerprint density at radius 3 is 2.22 bits per heavy atom. The highest BCUT2D eigenvalue weighted by molar-refractivity contribution is 6.01. The minimum absolute atomic E-state index is 0.138. The van der Waals surface area contributed by atoms with Crippen molar-refractivity contribution >= 4 is 17.5 Å². The summed E-state index contributed by atoms with van der Waals surface area (Å²) in [7, 11) is 3.37. The first-order valence-corrected chi connectivity index (χ1v) is 10.3. The van der Waals surface area contributed by atoms with Gasteiger partial charge >= 0.3 is 5.97 Å². The first-order valence-electron chi connectivity index (χ1n) is 10.3. The van der Waals surface area contributed by atoms with Gasteiger partial charge in [-0.3, -0.25) is 14.4 Å². The van der Waals surface area contributed by atoms with E-state index >= 15 is 0 Å². The average molecular weight is 435 g/mol. The molecule has 0 saturated heterocycles. The summed E-state index contributed by atoms with van der Waals surface area (Å²) in [4.78, 5) is 39.7. The molecule has 0 aliphatic carbocycles. The molecule has 2 aliphatic heterocycles. The maximum Gasteiger partial charge on any atom is 0.308 e. The number of carbonyl (C=O) groups is 3. The predicted molar refractivity (Wildman–Crippen MR) is 117 cm³/mol. The van der Waals surface area contributed by atoms with Crippen LogP contribution in [0.25, 0.3) is 0 Å². The predicted octanol–water partition coefficient (Wildman–Crippen LogP) is 3.37. The van der Waals surface area contributed by atoms with Gasteiger partial charge in [-0.05, 0) is 49.7 Å². The van der Waals surface area contributed by atoms with Crippen LogP contribution in [0.1, 0.15) is 37.8 Å². The van der Waals surface area contributed by atoms with Crippen LogP contribution in [0.15, 0.2) is 54.2 Å². The van der Waals surface area contributed by atoms with Gasteiger partial charge in [0.15, 0.2) is 12.0 Å². The van der Waals surface area contributed by atoms with Crippen molar-refractivity contribution < 1.29 is 28.6 Å². The molecular formula is C25H25NO6. The molecule has 0 radical (unpaired) electrons. The van der Waals surface area contributed by atoms with E-state index in [9.17, 15) is 14.4 Å². The third-order valence-electron chi connectivity index (χ3n) is 6.20. The van der Waals surface area contributed by atoms with E-state index in [1.807, 2.05) is 12.1 Å². The molecule has 7 heteroatoms. The van der Waals surface area contributed by atoms with Crippen molar-refractivity contribution in [3.63, 3.8) is 0 Å². The van der Waals surface area contributed by atoms with Crippen LogP contribution in [-0.4, -0.2) is 42.8 Å². The second kappa shape index (κ2) is 7.82. The average Bonchev–Trinajstić information content (AvgIpc) is 3.09. The standard InChI is InChI=1S/C25H25NO6/c1-14(27)20-13-26(4)24-25(15(2)28,23(20)17-6-8-18(30-5)9-7-17)21-12-19(31-16(3)29)10-11-22(21)32-24/h6-13,23-24H,1-5H3. The quantitative estimate of drug-likeness (QED) is 0.526. The third kappa shape index (κ3) is 3.16. The lowest BCUT2D eigenvalue weighted by Crippen LogP contribution is -2.58. The Bertz CT molecular complexity index is 1140. The van der Waals surface area contributed by atoms with E-state index in [0.29, 0.717) is 28.4 Å². The first kappa shape index (κ1) is 21.6. The second-order valence-electron chi connectivity index (χ2n) is 8.16. The Morgan fingerprint density at radius 1 is 1.00 bits per heavy atom. The number of benzene rings is 2. The first-order chi connectivity index (χ1) is 15.2. The zero-order valence-corrected chi connectivity index (χ0v) is 18.7. The summed E-state index contributed by atoms with van der Waals surface area (Å²) in [6, 6.07) is 12.3. The number of likely N-dealkylation sites (N-methyl/N-ethyl adjacent to an activating group) is 1. The van der Waals surface area contributed by atoms with Gasteiger partial charge in [0.1, 0.15) is 28.4 Å². The highest BCUT2D eigenvalue weighted by Crippen LogP contribution is 2.58. The van der Waals surface area contributed by atoms with Crippen molar-refractivity contribution in [2.24, 2.45) is 0 Å². The number of Topliss-reactive ketones (excluding diaryl/α,β-unsaturated/α-hetero) is 2. The molecule has 2 heterocycles. The van der Waals surface area contributed by atoms with Gasteiger partial charge in [0.25, 0.3) is 0 Å². The van der Waals surface area contributed by atoms with Crippen LogP contribution < -0.4 is 14.2 Å². The van der Waals surface area contributed by atoms with Crippen molar-refractivity contribution in [1.82, 2.24) is 4.90 Å². The van der Waals surface area contributed by atoms with E-state index in [1.54, 1.807) is 55.6 Å².